The fraction of sp³-hybridized carbons (Fsp3) is 0.667. The second-order valence-electron chi connectivity index (χ2n) is 3.35. The predicted octanol–water partition coefficient (Wildman–Crippen LogP) is 4.50. The van der Waals surface area contributed by atoms with Gasteiger partial charge < -0.3 is 0 Å². The van der Waals surface area contributed by atoms with E-state index >= 15 is 0 Å². The first-order valence-corrected chi connectivity index (χ1v) is 10.1. The van der Waals surface area contributed by atoms with E-state index in [1.54, 1.807) is 0 Å². The van der Waals surface area contributed by atoms with Gasteiger partial charge in [-0.3, -0.25) is 0 Å². The second kappa shape index (κ2) is 6.60. The Morgan fingerprint density at radius 2 is 2.00 bits per heavy atom. The van der Waals surface area contributed by atoms with Gasteiger partial charge in [-0.1, -0.05) is 0 Å². The summed E-state index contributed by atoms with van der Waals surface area (Å²) < 4.78 is 1.86. The van der Waals surface area contributed by atoms with Crippen LogP contribution in [0.3, 0.4) is 0 Å². The van der Waals surface area contributed by atoms with Crippen molar-refractivity contribution in [3.63, 3.8) is 0 Å². The normalized spacial score (nSPS) is 18.9. The zero-order chi connectivity index (χ0) is 9.52. The zero-order valence-electron chi connectivity index (χ0n) is 8.79. The van der Waals surface area contributed by atoms with Crippen molar-refractivity contribution >= 4 is 0 Å². The molecule has 1 rings (SSSR count). The van der Waals surface area contributed by atoms with Crippen molar-refractivity contribution in [2.45, 2.75) is 49.2 Å². The minimum absolute atomic E-state index is 0.681. The molecule has 1 aliphatic rings. The van der Waals surface area contributed by atoms with E-state index in [1.807, 2.05) is 3.96 Å². The summed E-state index contributed by atoms with van der Waals surface area (Å²) in [5, 5.41) is 2.53. The van der Waals surface area contributed by atoms with Gasteiger partial charge in [0.2, 0.25) is 0 Å². The molecule has 0 amide bonds. The Kier molecular flexibility index (Phi) is 5.71. The molecule has 0 aliphatic heterocycles. The van der Waals surface area contributed by atoms with Crippen molar-refractivity contribution in [1.82, 2.24) is 0 Å². The van der Waals surface area contributed by atoms with Crippen molar-refractivity contribution in [2.75, 3.05) is 0 Å². The first-order chi connectivity index (χ1) is 6.34. The van der Waals surface area contributed by atoms with Crippen LogP contribution < -0.4 is 0 Å². The number of rotatable bonds is 3. The van der Waals surface area contributed by atoms with Gasteiger partial charge in [0.15, 0.2) is 0 Å². The Labute approximate surface area is 88.7 Å². The molecule has 1 aliphatic carbocycles. The van der Waals surface area contributed by atoms with Crippen LogP contribution in [-0.4, -0.2) is 0 Å². The Balaban J connectivity index is 2.46. The Morgan fingerprint density at radius 1 is 1.23 bits per heavy atom. The Bertz CT molecular complexity index is 191. The number of hydrogen-bond acceptors (Lipinski definition) is 0. The van der Waals surface area contributed by atoms with Gasteiger partial charge in [-0.05, 0) is 0 Å². The van der Waals surface area contributed by atoms with Gasteiger partial charge in [0.25, 0.3) is 0 Å². The maximum absolute atomic E-state index is 2.55. The van der Waals surface area contributed by atoms with Crippen LogP contribution in [0.1, 0.15) is 39.0 Å². The van der Waals surface area contributed by atoms with Crippen LogP contribution in [0.15, 0.2) is 22.2 Å². The molecule has 0 spiro atoms. The third-order valence-corrected chi connectivity index (χ3v) is 8.49. The quantitative estimate of drug-likeness (QED) is 0.651. The van der Waals surface area contributed by atoms with E-state index < -0.39 is 17.3 Å². The second-order valence-corrected chi connectivity index (χ2v) is 9.49. The van der Waals surface area contributed by atoms with Crippen molar-refractivity contribution in [2.24, 2.45) is 0 Å². The average molecular weight is 360 g/mol. The number of allylic oxidation sites excluding steroid dienone is 4. The average Bonchev–Trinajstić information content (AvgIpc) is 2.03. The van der Waals surface area contributed by atoms with Gasteiger partial charge in [-0.2, -0.15) is 0 Å². The Morgan fingerprint density at radius 3 is 2.77 bits per heavy atom. The SMILES string of the molecule is CC[CH2][Pt]([CH3])[C]1=CCCC=CCC1. The molecule has 1 heteroatoms. The molecule has 0 aromatic carbocycles. The molecule has 0 unspecified atom stereocenters. The summed E-state index contributed by atoms with van der Waals surface area (Å²) in [6.45, 7) is 2.32. The molecule has 0 saturated heterocycles. The summed E-state index contributed by atoms with van der Waals surface area (Å²) in [6, 6.07) is 0. The van der Waals surface area contributed by atoms with Crippen LogP contribution in [0.2, 0.25) is 10.1 Å². The molecule has 79 valence electrons. The number of hydrogen-bond donors (Lipinski definition) is 0. The molecule has 0 saturated carbocycles. The molecule has 0 atom stereocenters. The van der Waals surface area contributed by atoms with Crippen molar-refractivity contribution in [1.29, 1.82) is 0 Å². The molecule has 0 aromatic heterocycles. The van der Waals surface area contributed by atoms with Crippen LogP contribution in [0.25, 0.3) is 0 Å². The predicted molar refractivity (Wildman–Crippen MR) is 56.7 cm³/mol. The molecule has 0 N–H and O–H groups in total. The molecule has 0 aromatic rings. The van der Waals surface area contributed by atoms with E-state index in [2.05, 4.69) is 30.5 Å². The van der Waals surface area contributed by atoms with Crippen LogP contribution in [-0.2, 0) is 17.3 Å². The molecule has 0 fully saturated rings. The summed E-state index contributed by atoms with van der Waals surface area (Å²) in [5.74, 6) is 0. The van der Waals surface area contributed by atoms with Crippen LogP contribution in [0, 0.1) is 0 Å². The van der Waals surface area contributed by atoms with E-state index in [-0.39, 0.29) is 0 Å². The van der Waals surface area contributed by atoms with Gasteiger partial charge >= 0.3 is 88.7 Å². The fourth-order valence-electron chi connectivity index (χ4n) is 1.46. The molecule has 0 radical (unpaired) electrons. The van der Waals surface area contributed by atoms with E-state index in [9.17, 15) is 0 Å². The van der Waals surface area contributed by atoms with E-state index in [4.69, 9.17) is 0 Å². The summed E-state index contributed by atoms with van der Waals surface area (Å²) in [4.78, 5) is 1.51. The summed E-state index contributed by atoms with van der Waals surface area (Å²) in [7, 11) is 0. The molecule has 13 heavy (non-hydrogen) atoms. The van der Waals surface area contributed by atoms with Crippen LogP contribution in [0.5, 0.6) is 0 Å². The van der Waals surface area contributed by atoms with Crippen LogP contribution in [0.4, 0.5) is 0 Å². The molecular weight excluding hydrogens is 339 g/mol. The summed E-state index contributed by atoms with van der Waals surface area (Å²) in [5.41, 5.74) is 0. The topological polar surface area (TPSA) is 0 Å². The van der Waals surface area contributed by atoms with E-state index in [1.165, 1.54) is 36.9 Å². The first kappa shape index (κ1) is 11.2. The van der Waals surface area contributed by atoms with E-state index in [0.717, 1.165) is 0 Å². The molecular formula is C12H21Pt. The minimum atomic E-state index is -0.681. The standard InChI is InChI=1S/C8H11.C3H7.CH3.Pt/c1-2-4-6-8-7-5-3-1;1-3-2;;/h1-2,7H,3-6H2;1,3H2,2H3;1H3;. The van der Waals surface area contributed by atoms with E-state index in [0.29, 0.717) is 0 Å². The van der Waals surface area contributed by atoms with Crippen molar-refractivity contribution < 1.29 is 17.3 Å². The van der Waals surface area contributed by atoms with Gasteiger partial charge in [-0.25, -0.2) is 0 Å². The summed E-state index contributed by atoms with van der Waals surface area (Å²) >= 11 is -0.681. The fourth-order valence-corrected chi connectivity index (χ4v) is 6.31. The van der Waals surface area contributed by atoms with Gasteiger partial charge in [0.05, 0.1) is 0 Å². The van der Waals surface area contributed by atoms with Crippen molar-refractivity contribution in [3.8, 4) is 0 Å². The molecule has 0 nitrogen and oxygen atoms in total. The van der Waals surface area contributed by atoms with Crippen LogP contribution >= 0.6 is 0 Å². The van der Waals surface area contributed by atoms with Gasteiger partial charge in [0, 0.05) is 0 Å². The Hall–Kier alpha value is 0.168. The van der Waals surface area contributed by atoms with Gasteiger partial charge in [-0.15, -0.1) is 0 Å². The molecule has 0 heterocycles. The third-order valence-electron chi connectivity index (χ3n) is 2.13. The first-order valence-electron chi connectivity index (χ1n) is 5.11. The maximum atomic E-state index is 2.55. The monoisotopic (exact) mass is 360 g/mol. The third kappa shape index (κ3) is 4.27. The van der Waals surface area contributed by atoms with Crippen molar-refractivity contribution in [3.05, 3.63) is 22.2 Å². The molecule has 0 bridgehead atoms. The summed E-state index contributed by atoms with van der Waals surface area (Å²) in [6.07, 6.45) is 13.8. The van der Waals surface area contributed by atoms with Gasteiger partial charge in [0.1, 0.15) is 0 Å². The zero-order valence-corrected chi connectivity index (χ0v) is 11.1.